The van der Waals surface area contributed by atoms with Crippen LogP contribution in [-0.4, -0.2) is 96.9 Å². The fourth-order valence-electron chi connectivity index (χ4n) is 7.84. The molecule has 14 nitrogen and oxygen atoms in total. The summed E-state index contributed by atoms with van der Waals surface area (Å²) in [5, 5.41) is 6.22. The number of hydrogen-bond acceptors (Lipinski definition) is 12. The summed E-state index contributed by atoms with van der Waals surface area (Å²) in [6.45, 7) is 8.40. The monoisotopic (exact) mass is 773 g/mol. The Morgan fingerprint density at radius 1 is 1.02 bits per heavy atom. The molecule has 0 amide bonds. The van der Waals surface area contributed by atoms with Gasteiger partial charge in [-0.05, 0) is 74.4 Å². The molecule has 4 atom stereocenters. The maximum absolute atomic E-state index is 15.0. The van der Waals surface area contributed by atoms with Gasteiger partial charge in [-0.2, -0.15) is 10.1 Å². The molecular formula is C40H49F2N9O5. The molecule has 7 rings (SSSR count). The van der Waals surface area contributed by atoms with Gasteiger partial charge >= 0.3 is 11.7 Å². The standard InChI is InChI=1S/C40H49F2N9O5/c1-3-4-37(28(2)56-38(52)21-43)51-39(53)50(27-46-51)33-8-6-31(7-9-33)47-15-17-48(18-16-47)32-10-12-34(13-11-32)54-22-29-20-40(55-23-29,24-49-26-44-25-45-49)35-14-5-30(41)19-36(35)42/h5-14,19,25,27-29,37H,3-4,15-18,20-24,26,43H2,1-2H3,(H,44,45)/t28-,29+,37-,40-/m0/s1. The zero-order valence-electron chi connectivity index (χ0n) is 31.7. The second kappa shape index (κ2) is 17.2. The lowest BCUT2D eigenvalue weighted by atomic mass is 9.86. The van der Waals surface area contributed by atoms with Crippen molar-refractivity contribution < 1.29 is 27.8 Å². The molecule has 0 spiro atoms. The van der Waals surface area contributed by atoms with E-state index >= 15 is 4.39 Å². The average molecular weight is 774 g/mol. The minimum absolute atomic E-state index is 0.00478. The smallest absolute Gasteiger partial charge is 0.350 e. The van der Waals surface area contributed by atoms with E-state index in [4.69, 9.17) is 19.9 Å². The molecule has 0 unspecified atom stereocenters. The van der Waals surface area contributed by atoms with E-state index in [2.05, 4.69) is 37.4 Å². The number of halogens is 2. The summed E-state index contributed by atoms with van der Waals surface area (Å²) >= 11 is 0. The van der Waals surface area contributed by atoms with Crippen LogP contribution < -0.4 is 31.4 Å². The first kappa shape index (κ1) is 38.9. The van der Waals surface area contributed by atoms with Crippen molar-refractivity contribution in [3.05, 3.63) is 101 Å². The SMILES string of the molecule is CCC[C@@H]([C@H](C)OC(=O)CN)n1ncn(-c2ccc(N3CCN(c4ccc(OC[C@@H]5CO[C@@](CN6CN=CN6)(c6ccc(F)cc6F)C5)cc4)CC3)cc2)c1=O. The number of anilines is 2. The summed E-state index contributed by atoms with van der Waals surface area (Å²) in [5.41, 5.74) is 10.4. The van der Waals surface area contributed by atoms with Crippen molar-refractivity contribution in [3.8, 4) is 11.4 Å². The number of piperazine rings is 1. The first-order valence-electron chi connectivity index (χ1n) is 19.1. The van der Waals surface area contributed by atoms with Crippen LogP contribution in [0.25, 0.3) is 5.69 Å². The normalized spacial score (nSPS) is 20.9. The lowest BCUT2D eigenvalue weighted by Gasteiger charge is -2.37. The van der Waals surface area contributed by atoms with Crippen molar-refractivity contribution in [1.82, 2.24) is 24.8 Å². The number of esters is 1. The maximum atomic E-state index is 15.0. The van der Waals surface area contributed by atoms with Crippen LogP contribution in [0.15, 0.2) is 82.8 Å². The van der Waals surface area contributed by atoms with Crippen LogP contribution in [0.4, 0.5) is 20.2 Å². The molecule has 56 heavy (non-hydrogen) atoms. The number of carbonyl (C=O) groups is 1. The Morgan fingerprint density at radius 2 is 1.70 bits per heavy atom. The van der Waals surface area contributed by atoms with Crippen LogP contribution in [-0.2, 0) is 19.9 Å². The van der Waals surface area contributed by atoms with Gasteiger partial charge in [-0.15, -0.1) is 0 Å². The van der Waals surface area contributed by atoms with Gasteiger partial charge < -0.3 is 35.2 Å². The van der Waals surface area contributed by atoms with Crippen molar-refractivity contribution in [1.29, 1.82) is 0 Å². The van der Waals surface area contributed by atoms with Crippen LogP contribution in [0.5, 0.6) is 5.75 Å². The van der Waals surface area contributed by atoms with Crippen LogP contribution in [0.2, 0.25) is 0 Å². The van der Waals surface area contributed by atoms with Crippen LogP contribution in [0.1, 0.15) is 44.7 Å². The predicted molar refractivity (Wildman–Crippen MR) is 208 cm³/mol. The summed E-state index contributed by atoms with van der Waals surface area (Å²) < 4.78 is 49.6. The minimum Gasteiger partial charge on any atom is -0.493 e. The third kappa shape index (κ3) is 8.56. The number of nitrogens with zero attached hydrogens (tertiary/aromatic N) is 7. The second-order valence-electron chi connectivity index (χ2n) is 14.6. The highest BCUT2D eigenvalue weighted by Crippen LogP contribution is 2.41. The Morgan fingerprint density at radius 3 is 2.32 bits per heavy atom. The van der Waals surface area contributed by atoms with Crippen molar-refractivity contribution in [2.24, 2.45) is 16.6 Å². The Balaban J connectivity index is 0.913. The van der Waals surface area contributed by atoms with Gasteiger partial charge in [-0.1, -0.05) is 19.4 Å². The Kier molecular flexibility index (Phi) is 12.0. The number of ether oxygens (including phenoxy) is 3. The molecule has 298 valence electrons. The molecule has 2 saturated heterocycles. The van der Waals surface area contributed by atoms with Crippen LogP contribution in [0.3, 0.4) is 0 Å². The van der Waals surface area contributed by atoms with Gasteiger partial charge in [0, 0.05) is 55.1 Å². The fourth-order valence-corrected chi connectivity index (χ4v) is 7.84. The van der Waals surface area contributed by atoms with Crippen molar-refractivity contribution in [2.45, 2.75) is 50.9 Å². The summed E-state index contributed by atoms with van der Waals surface area (Å²) in [6, 6.07) is 19.2. The van der Waals surface area contributed by atoms with E-state index in [1.807, 2.05) is 48.3 Å². The van der Waals surface area contributed by atoms with E-state index in [1.165, 1.54) is 27.7 Å². The van der Waals surface area contributed by atoms with E-state index in [-0.39, 0.29) is 18.2 Å². The van der Waals surface area contributed by atoms with E-state index < -0.39 is 35.4 Å². The van der Waals surface area contributed by atoms with Crippen LogP contribution in [0, 0.1) is 17.6 Å². The van der Waals surface area contributed by atoms with E-state index in [9.17, 15) is 14.0 Å². The molecule has 4 heterocycles. The highest BCUT2D eigenvalue weighted by atomic mass is 19.1. The number of aromatic nitrogens is 3. The molecule has 0 radical (unpaired) electrons. The van der Waals surface area contributed by atoms with Crippen molar-refractivity contribution in [2.75, 3.05) is 69.0 Å². The van der Waals surface area contributed by atoms with Crippen LogP contribution >= 0.6 is 0 Å². The molecule has 3 N–H and O–H groups in total. The number of carbonyl (C=O) groups excluding carboxylic acids is 1. The van der Waals surface area contributed by atoms with Gasteiger partial charge in [0.25, 0.3) is 0 Å². The lowest BCUT2D eigenvalue weighted by Crippen LogP contribution is -2.46. The third-order valence-corrected chi connectivity index (χ3v) is 10.7. The number of nitrogens with one attached hydrogen (secondary N) is 1. The molecule has 3 aliphatic heterocycles. The molecule has 16 heteroatoms. The average Bonchev–Trinajstić information content (AvgIpc) is 3.97. The Hall–Kier alpha value is -5.32. The first-order valence-corrected chi connectivity index (χ1v) is 19.1. The van der Waals surface area contributed by atoms with Crippen molar-refractivity contribution in [3.63, 3.8) is 0 Å². The van der Waals surface area contributed by atoms with Gasteiger partial charge in [-0.3, -0.25) is 9.79 Å². The first-order chi connectivity index (χ1) is 27.2. The minimum atomic E-state index is -0.966. The summed E-state index contributed by atoms with van der Waals surface area (Å²) in [6.07, 6.45) is 4.46. The van der Waals surface area contributed by atoms with Gasteiger partial charge in [-0.25, -0.2) is 22.8 Å². The number of rotatable bonds is 15. The number of hydrogen-bond donors (Lipinski definition) is 2. The van der Waals surface area contributed by atoms with Gasteiger partial charge in [0.1, 0.15) is 42.1 Å². The molecule has 2 fully saturated rings. The Labute approximate surface area is 324 Å². The Bertz CT molecular complexity index is 2030. The zero-order chi connectivity index (χ0) is 39.2. The maximum Gasteiger partial charge on any atom is 0.350 e. The van der Waals surface area contributed by atoms with Crippen molar-refractivity contribution >= 4 is 23.7 Å². The molecule has 3 aliphatic rings. The topological polar surface area (TPSA) is 145 Å². The number of nitrogens with two attached hydrogens (primary N) is 1. The lowest BCUT2D eigenvalue weighted by molar-refractivity contribution is -0.148. The van der Waals surface area contributed by atoms with E-state index in [0.717, 1.165) is 55.8 Å². The molecule has 4 aromatic rings. The van der Waals surface area contributed by atoms with Gasteiger partial charge in [0.2, 0.25) is 0 Å². The highest BCUT2D eigenvalue weighted by Gasteiger charge is 2.45. The largest absolute Gasteiger partial charge is 0.493 e. The number of hydrazine groups is 1. The molecule has 0 bridgehead atoms. The molecule has 0 saturated carbocycles. The van der Waals surface area contributed by atoms with Gasteiger partial charge in [0.05, 0.1) is 44.4 Å². The van der Waals surface area contributed by atoms with E-state index in [0.29, 0.717) is 50.5 Å². The quantitative estimate of drug-likeness (QED) is 0.169. The molecule has 0 aliphatic carbocycles. The zero-order valence-corrected chi connectivity index (χ0v) is 31.7. The molecule has 3 aromatic carbocycles. The van der Waals surface area contributed by atoms with Gasteiger partial charge in [0.15, 0.2) is 0 Å². The predicted octanol–water partition coefficient (Wildman–Crippen LogP) is 3.99. The summed E-state index contributed by atoms with van der Waals surface area (Å²) in [7, 11) is 0. The third-order valence-electron chi connectivity index (χ3n) is 10.7. The molecular weight excluding hydrogens is 724 g/mol. The summed E-state index contributed by atoms with van der Waals surface area (Å²) in [5.74, 6) is -1.03. The fraction of sp³-hybridized carbons (Fsp3) is 0.450. The summed E-state index contributed by atoms with van der Waals surface area (Å²) in [4.78, 5) is 34.1. The van der Waals surface area contributed by atoms with E-state index in [1.54, 1.807) is 13.3 Å². The molecule has 1 aromatic heterocycles. The second-order valence-corrected chi connectivity index (χ2v) is 14.6. The number of aliphatic imine (C=N–C) groups is 1. The highest BCUT2D eigenvalue weighted by molar-refractivity contribution is 5.71. The number of benzene rings is 3.